The zero-order chi connectivity index (χ0) is 6.91. The molecule has 0 aromatic rings. The molecule has 0 radical (unpaired) electrons. The van der Waals surface area contributed by atoms with Crippen LogP contribution in [0.15, 0.2) is 12.2 Å². The van der Waals surface area contributed by atoms with E-state index in [1.807, 2.05) is 0 Å². The van der Waals surface area contributed by atoms with Crippen molar-refractivity contribution in [2.24, 2.45) is 0 Å². The van der Waals surface area contributed by atoms with Crippen LogP contribution in [0.25, 0.3) is 0 Å². The summed E-state index contributed by atoms with van der Waals surface area (Å²) >= 11 is 0. The van der Waals surface area contributed by atoms with Gasteiger partial charge in [-0.05, 0) is 25.8 Å². The minimum atomic E-state index is -1.09. The maximum Gasteiger partial charge on any atom is 0.186 e. The van der Waals surface area contributed by atoms with Crippen molar-refractivity contribution < 1.29 is 9.90 Å². The van der Waals surface area contributed by atoms with Gasteiger partial charge >= 0.3 is 0 Å². The van der Waals surface area contributed by atoms with Gasteiger partial charge in [0.05, 0.1) is 0 Å². The minimum Gasteiger partial charge on any atom is -0.382 e. The number of carbonyl (C=O) groups is 1. The Balaban J connectivity index is 2.78. The number of allylic oxidation sites excluding steroid dienone is 1. The van der Waals surface area contributed by atoms with Gasteiger partial charge in [0.25, 0.3) is 0 Å². The zero-order valence-corrected chi connectivity index (χ0v) is 5.42. The monoisotopic (exact) mass is 126 g/mol. The summed E-state index contributed by atoms with van der Waals surface area (Å²) in [7, 11) is 0. The molecule has 0 saturated heterocycles. The van der Waals surface area contributed by atoms with Crippen molar-refractivity contribution in [3.05, 3.63) is 12.2 Å². The molecule has 1 N–H and O–H groups in total. The largest absolute Gasteiger partial charge is 0.382 e. The molecule has 0 amide bonds. The third kappa shape index (κ3) is 1.19. The molecule has 1 rings (SSSR count). The van der Waals surface area contributed by atoms with Crippen LogP contribution in [0.2, 0.25) is 0 Å². The highest BCUT2D eigenvalue weighted by molar-refractivity contribution is 5.97. The molecule has 0 bridgehead atoms. The highest BCUT2D eigenvalue weighted by atomic mass is 16.3. The molecule has 0 aromatic heterocycles. The summed E-state index contributed by atoms with van der Waals surface area (Å²) in [6.45, 7) is 1.55. The molecule has 1 unspecified atom stereocenters. The normalized spacial score (nSPS) is 35.1. The number of carbonyl (C=O) groups excluding carboxylic acids is 1. The Bertz CT molecular complexity index is 156. The van der Waals surface area contributed by atoms with Crippen LogP contribution in [0.4, 0.5) is 0 Å². The number of hydrogen-bond donors (Lipinski definition) is 1. The average molecular weight is 126 g/mol. The van der Waals surface area contributed by atoms with Crippen LogP contribution in [0.1, 0.15) is 19.8 Å². The predicted molar refractivity (Wildman–Crippen MR) is 34.0 cm³/mol. The highest BCUT2D eigenvalue weighted by Gasteiger charge is 2.28. The van der Waals surface area contributed by atoms with E-state index in [0.717, 1.165) is 6.42 Å². The van der Waals surface area contributed by atoms with Gasteiger partial charge in [0.2, 0.25) is 0 Å². The van der Waals surface area contributed by atoms with Gasteiger partial charge in [-0.1, -0.05) is 6.08 Å². The molecule has 50 valence electrons. The SMILES string of the molecule is CC1(O)CCC=CC1=O. The smallest absolute Gasteiger partial charge is 0.186 e. The summed E-state index contributed by atoms with van der Waals surface area (Å²) in [5.41, 5.74) is -1.09. The number of ketones is 1. The molecular formula is C7H10O2. The first kappa shape index (κ1) is 6.49. The van der Waals surface area contributed by atoms with Crippen LogP contribution >= 0.6 is 0 Å². The van der Waals surface area contributed by atoms with Crippen molar-refractivity contribution >= 4 is 5.78 Å². The van der Waals surface area contributed by atoms with Gasteiger partial charge in [-0.15, -0.1) is 0 Å². The topological polar surface area (TPSA) is 37.3 Å². The van der Waals surface area contributed by atoms with Crippen molar-refractivity contribution in [3.8, 4) is 0 Å². The van der Waals surface area contributed by atoms with Crippen LogP contribution in [-0.4, -0.2) is 16.5 Å². The van der Waals surface area contributed by atoms with E-state index >= 15 is 0 Å². The van der Waals surface area contributed by atoms with Crippen molar-refractivity contribution in [1.29, 1.82) is 0 Å². The lowest BCUT2D eigenvalue weighted by atomic mass is 9.90. The molecule has 1 aliphatic carbocycles. The summed E-state index contributed by atoms with van der Waals surface area (Å²) in [5, 5.41) is 9.24. The van der Waals surface area contributed by atoms with Gasteiger partial charge in [0.15, 0.2) is 5.78 Å². The first-order chi connectivity index (χ1) is 4.13. The molecule has 0 aromatic carbocycles. The van der Waals surface area contributed by atoms with Crippen LogP contribution < -0.4 is 0 Å². The lowest BCUT2D eigenvalue weighted by molar-refractivity contribution is -0.131. The van der Waals surface area contributed by atoms with Crippen molar-refractivity contribution in [2.45, 2.75) is 25.4 Å². The Morgan fingerprint density at radius 3 is 2.78 bits per heavy atom. The van der Waals surface area contributed by atoms with E-state index < -0.39 is 5.60 Å². The van der Waals surface area contributed by atoms with E-state index in [0.29, 0.717) is 6.42 Å². The second-order valence-electron chi connectivity index (χ2n) is 2.58. The fourth-order valence-corrected chi connectivity index (χ4v) is 0.857. The number of hydrogen-bond acceptors (Lipinski definition) is 2. The molecule has 0 spiro atoms. The van der Waals surface area contributed by atoms with Crippen LogP contribution in [-0.2, 0) is 4.79 Å². The molecule has 1 atom stereocenters. The molecule has 0 fully saturated rings. The lowest BCUT2D eigenvalue weighted by Gasteiger charge is -2.21. The van der Waals surface area contributed by atoms with E-state index in [1.54, 1.807) is 13.0 Å². The first-order valence-electron chi connectivity index (χ1n) is 3.06. The Kier molecular flexibility index (Phi) is 1.41. The molecule has 9 heavy (non-hydrogen) atoms. The standard InChI is InChI=1S/C7H10O2/c1-7(9)5-3-2-4-6(7)8/h2,4,9H,3,5H2,1H3. The number of aliphatic hydroxyl groups is 1. The van der Waals surface area contributed by atoms with Crippen molar-refractivity contribution in [2.75, 3.05) is 0 Å². The second kappa shape index (κ2) is 1.95. The summed E-state index contributed by atoms with van der Waals surface area (Å²) < 4.78 is 0. The van der Waals surface area contributed by atoms with E-state index in [9.17, 15) is 9.90 Å². The van der Waals surface area contributed by atoms with E-state index in [-0.39, 0.29) is 5.78 Å². The third-order valence-electron chi connectivity index (χ3n) is 1.60. The van der Waals surface area contributed by atoms with E-state index in [4.69, 9.17) is 0 Å². The van der Waals surface area contributed by atoms with E-state index in [1.165, 1.54) is 6.08 Å². The molecule has 0 aliphatic heterocycles. The Labute approximate surface area is 54.2 Å². The first-order valence-corrected chi connectivity index (χ1v) is 3.06. The summed E-state index contributed by atoms with van der Waals surface area (Å²) in [5.74, 6) is -0.172. The Hall–Kier alpha value is -0.630. The lowest BCUT2D eigenvalue weighted by Crippen LogP contribution is -2.35. The number of rotatable bonds is 0. The molecular weight excluding hydrogens is 116 g/mol. The average Bonchev–Trinajstić information content (AvgIpc) is 1.77. The highest BCUT2D eigenvalue weighted by Crippen LogP contribution is 2.18. The van der Waals surface area contributed by atoms with E-state index in [2.05, 4.69) is 0 Å². The molecule has 2 heteroatoms. The third-order valence-corrected chi connectivity index (χ3v) is 1.60. The van der Waals surface area contributed by atoms with Crippen LogP contribution in [0.3, 0.4) is 0 Å². The molecule has 2 nitrogen and oxygen atoms in total. The summed E-state index contributed by atoms with van der Waals surface area (Å²) in [4.78, 5) is 10.8. The summed E-state index contributed by atoms with van der Waals surface area (Å²) in [6, 6.07) is 0. The van der Waals surface area contributed by atoms with Gasteiger partial charge in [-0.25, -0.2) is 0 Å². The zero-order valence-electron chi connectivity index (χ0n) is 5.42. The van der Waals surface area contributed by atoms with Crippen LogP contribution in [0, 0.1) is 0 Å². The van der Waals surface area contributed by atoms with Gasteiger partial charge in [0, 0.05) is 0 Å². The van der Waals surface area contributed by atoms with Gasteiger partial charge in [-0.2, -0.15) is 0 Å². The Morgan fingerprint density at radius 1 is 1.78 bits per heavy atom. The van der Waals surface area contributed by atoms with Gasteiger partial charge in [-0.3, -0.25) is 4.79 Å². The molecule has 0 saturated carbocycles. The van der Waals surface area contributed by atoms with Gasteiger partial charge in [0.1, 0.15) is 5.60 Å². The Morgan fingerprint density at radius 2 is 2.44 bits per heavy atom. The second-order valence-corrected chi connectivity index (χ2v) is 2.58. The molecule has 1 aliphatic rings. The maximum absolute atomic E-state index is 10.8. The predicted octanol–water partition coefficient (Wildman–Crippen LogP) is 0.656. The fourth-order valence-electron chi connectivity index (χ4n) is 0.857. The summed E-state index contributed by atoms with van der Waals surface area (Å²) in [6.07, 6.45) is 4.60. The fraction of sp³-hybridized carbons (Fsp3) is 0.571. The van der Waals surface area contributed by atoms with Crippen molar-refractivity contribution in [3.63, 3.8) is 0 Å². The van der Waals surface area contributed by atoms with Crippen LogP contribution in [0.5, 0.6) is 0 Å². The van der Waals surface area contributed by atoms with Gasteiger partial charge < -0.3 is 5.11 Å². The molecule has 0 heterocycles. The quantitative estimate of drug-likeness (QED) is 0.517. The van der Waals surface area contributed by atoms with Crippen molar-refractivity contribution in [1.82, 2.24) is 0 Å². The maximum atomic E-state index is 10.8. The minimum absolute atomic E-state index is 0.172.